The molecule has 1 aliphatic rings. The zero-order valence-corrected chi connectivity index (χ0v) is 10.2. The van der Waals surface area contributed by atoms with Crippen LogP contribution in [0.15, 0.2) is 30.3 Å². The fourth-order valence-corrected chi connectivity index (χ4v) is 2.51. The summed E-state index contributed by atoms with van der Waals surface area (Å²) in [5, 5.41) is 3.53. The molecule has 1 aromatic carbocycles. The van der Waals surface area contributed by atoms with Crippen LogP contribution in [-0.4, -0.2) is 19.2 Å². The molecule has 0 aliphatic carbocycles. The van der Waals surface area contributed by atoms with Crippen molar-refractivity contribution in [1.29, 1.82) is 0 Å². The van der Waals surface area contributed by atoms with Gasteiger partial charge < -0.3 is 10.1 Å². The SMILES string of the molecule is CCNC1CCOC(C)(c2ccccc2)C1. The Hall–Kier alpha value is -0.860. The molecule has 0 aromatic heterocycles. The van der Waals surface area contributed by atoms with E-state index in [0.29, 0.717) is 6.04 Å². The van der Waals surface area contributed by atoms with Crippen molar-refractivity contribution in [3.63, 3.8) is 0 Å². The molecule has 16 heavy (non-hydrogen) atoms. The molecule has 0 saturated carbocycles. The smallest absolute Gasteiger partial charge is 0.0918 e. The summed E-state index contributed by atoms with van der Waals surface area (Å²) in [4.78, 5) is 0. The van der Waals surface area contributed by atoms with E-state index in [9.17, 15) is 0 Å². The molecule has 1 fully saturated rings. The molecule has 1 N–H and O–H groups in total. The highest BCUT2D eigenvalue weighted by atomic mass is 16.5. The van der Waals surface area contributed by atoms with Crippen LogP contribution in [0.5, 0.6) is 0 Å². The summed E-state index contributed by atoms with van der Waals surface area (Å²) in [6.45, 7) is 6.25. The molecule has 1 aliphatic heterocycles. The second-order valence-corrected chi connectivity index (χ2v) is 4.69. The maximum atomic E-state index is 5.99. The first-order valence-electron chi connectivity index (χ1n) is 6.17. The third-order valence-electron chi connectivity index (χ3n) is 3.40. The summed E-state index contributed by atoms with van der Waals surface area (Å²) < 4.78 is 5.99. The standard InChI is InChI=1S/C14H21NO/c1-3-15-13-9-10-16-14(2,11-13)12-7-5-4-6-8-12/h4-8,13,15H,3,9-11H2,1-2H3. The average molecular weight is 219 g/mol. The van der Waals surface area contributed by atoms with Gasteiger partial charge in [0.05, 0.1) is 5.60 Å². The van der Waals surface area contributed by atoms with Crippen LogP contribution in [0.2, 0.25) is 0 Å². The molecule has 1 saturated heterocycles. The monoisotopic (exact) mass is 219 g/mol. The Morgan fingerprint density at radius 3 is 2.81 bits per heavy atom. The molecule has 0 spiro atoms. The van der Waals surface area contributed by atoms with Crippen LogP contribution in [0, 0.1) is 0 Å². The third-order valence-corrected chi connectivity index (χ3v) is 3.40. The predicted octanol–water partition coefficient (Wildman–Crippen LogP) is 2.69. The molecule has 0 amide bonds. The van der Waals surface area contributed by atoms with Crippen molar-refractivity contribution in [3.05, 3.63) is 35.9 Å². The zero-order chi connectivity index (χ0) is 11.4. The van der Waals surface area contributed by atoms with Crippen LogP contribution in [0.25, 0.3) is 0 Å². The van der Waals surface area contributed by atoms with Gasteiger partial charge in [0, 0.05) is 12.6 Å². The van der Waals surface area contributed by atoms with Gasteiger partial charge >= 0.3 is 0 Å². The molecule has 2 heteroatoms. The van der Waals surface area contributed by atoms with Gasteiger partial charge in [-0.3, -0.25) is 0 Å². The molecule has 2 atom stereocenters. The van der Waals surface area contributed by atoms with Crippen molar-refractivity contribution in [3.8, 4) is 0 Å². The number of nitrogens with one attached hydrogen (secondary N) is 1. The fraction of sp³-hybridized carbons (Fsp3) is 0.571. The minimum absolute atomic E-state index is 0.119. The Morgan fingerprint density at radius 2 is 2.12 bits per heavy atom. The summed E-state index contributed by atoms with van der Waals surface area (Å²) in [7, 11) is 0. The normalized spacial score (nSPS) is 30.2. The van der Waals surface area contributed by atoms with E-state index >= 15 is 0 Å². The molecule has 0 bridgehead atoms. The van der Waals surface area contributed by atoms with E-state index in [4.69, 9.17) is 4.74 Å². The van der Waals surface area contributed by atoms with E-state index in [2.05, 4.69) is 49.5 Å². The maximum absolute atomic E-state index is 5.99. The van der Waals surface area contributed by atoms with Gasteiger partial charge in [-0.15, -0.1) is 0 Å². The van der Waals surface area contributed by atoms with Crippen LogP contribution in [0.1, 0.15) is 32.3 Å². The highest BCUT2D eigenvalue weighted by Crippen LogP contribution is 2.34. The average Bonchev–Trinajstić information content (AvgIpc) is 2.31. The van der Waals surface area contributed by atoms with Crippen molar-refractivity contribution in [2.24, 2.45) is 0 Å². The summed E-state index contributed by atoms with van der Waals surface area (Å²) in [5.41, 5.74) is 1.17. The summed E-state index contributed by atoms with van der Waals surface area (Å²) in [6.07, 6.45) is 2.18. The van der Waals surface area contributed by atoms with Crippen LogP contribution < -0.4 is 5.32 Å². The Labute approximate surface area is 98.0 Å². The van der Waals surface area contributed by atoms with Gasteiger partial charge in [0.2, 0.25) is 0 Å². The van der Waals surface area contributed by atoms with E-state index < -0.39 is 0 Å². The van der Waals surface area contributed by atoms with Gasteiger partial charge in [-0.05, 0) is 31.9 Å². The van der Waals surface area contributed by atoms with Gasteiger partial charge in [0.1, 0.15) is 0 Å². The topological polar surface area (TPSA) is 21.3 Å². The molecule has 1 heterocycles. The zero-order valence-electron chi connectivity index (χ0n) is 10.2. The van der Waals surface area contributed by atoms with Crippen molar-refractivity contribution in [1.82, 2.24) is 5.32 Å². The summed E-state index contributed by atoms with van der Waals surface area (Å²) >= 11 is 0. The van der Waals surface area contributed by atoms with Gasteiger partial charge in [0.25, 0.3) is 0 Å². The minimum Gasteiger partial charge on any atom is -0.370 e. The molecular weight excluding hydrogens is 198 g/mol. The first-order chi connectivity index (χ1) is 7.74. The van der Waals surface area contributed by atoms with Crippen molar-refractivity contribution >= 4 is 0 Å². The minimum atomic E-state index is -0.119. The molecule has 88 valence electrons. The highest BCUT2D eigenvalue weighted by molar-refractivity contribution is 5.22. The summed E-state index contributed by atoms with van der Waals surface area (Å²) in [6, 6.07) is 11.1. The maximum Gasteiger partial charge on any atom is 0.0918 e. The van der Waals surface area contributed by atoms with E-state index in [0.717, 1.165) is 26.0 Å². The highest BCUT2D eigenvalue weighted by Gasteiger charge is 2.34. The lowest BCUT2D eigenvalue weighted by Crippen LogP contribution is -2.43. The van der Waals surface area contributed by atoms with E-state index in [1.807, 2.05) is 0 Å². The Balaban J connectivity index is 2.12. The van der Waals surface area contributed by atoms with Gasteiger partial charge in [-0.25, -0.2) is 0 Å². The first kappa shape index (κ1) is 11.6. The van der Waals surface area contributed by atoms with E-state index in [1.54, 1.807) is 0 Å². The number of ether oxygens (including phenoxy) is 1. The first-order valence-corrected chi connectivity index (χ1v) is 6.17. The molecule has 2 unspecified atom stereocenters. The number of rotatable bonds is 3. The van der Waals surface area contributed by atoms with Crippen molar-refractivity contribution < 1.29 is 4.74 Å². The number of benzene rings is 1. The molecular formula is C14H21NO. The second kappa shape index (κ2) is 4.98. The van der Waals surface area contributed by atoms with E-state index in [1.165, 1.54) is 5.56 Å². The van der Waals surface area contributed by atoms with Gasteiger partial charge in [-0.1, -0.05) is 37.3 Å². The molecule has 2 nitrogen and oxygen atoms in total. The lowest BCUT2D eigenvalue weighted by molar-refractivity contribution is -0.0810. The van der Waals surface area contributed by atoms with Crippen molar-refractivity contribution in [2.45, 2.75) is 38.3 Å². The molecule has 1 aromatic rings. The van der Waals surface area contributed by atoms with E-state index in [-0.39, 0.29) is 5.60 Å². The van der Waals surface area contributed by atoms with Crippen molar-refractivity contribution in [2.75, 3.05) is 13.2 Å². The lowest BCUT2D eigenvalue weighted by atomic mass is 9.86. The second-order valence-electron chi connectivity index (χ2n) is 4.69. The fourth-order valence-electron chi connectivity index (χ4n) is 2.51. The van der Waals surface area contributed by atoms with Gasteiger partial charge in [0.15, 0.2) is 0 Å². The summed E-state index contributed by atoms with van der Waals surface area (Å²) in [5.74, 6) is 0. The Kier molecular flexibility index (Phi) is 3.62. The molecule has 2 rings (SSSR count). The van der Waals surface area contributed by atoms with Gasteiger partial charge in [-0.2, -0.15) is 0 Å². The van der Waals surface area contributed by atoms with Crippen LogP contribution in [0.3, 0.4) is 0 Å². The quantitative estimate of drug-likeness (QED) is 0.844. The largest absolute Gasteiger partial charge is 0.370 e. The van der Waals surface area contributed by atoms with Crippen LogP contribution in [-0.2, 0) is 10.3 Å². The third kappa shape index (κ3) is 2.45. The Bertz CT molecular complexity index is 323. The lowest BCUT2D eigenvalue weighted by Gasteiger charge is -2.39. The predicted molar refractivity (Wildman–Crippen MR) is 66.4 cm³/mol. The number of hydrogen-bond acceptors (Lipinski definition) is 2. The Morgan fingerprint density at radius 1 is 1.38 bits per heavy atom. The van der Waals surface area contributed by atoms with Crippen LogP contribution >= 0.6 is 0 Å². The number of hydrogen-bond donors (Lipinski definition) is 1. The van der Waals surface area contributed by atoms with Crippen LogP contribution in [0.4, 0.5) is 0 Å². The molecule has 0 radical (unpaired) electrons.